The summed E-state index contributed by atoms with van der Waals surface area (Å²) in [6.07, 6.45) is -0.491. The van der Waals surface area contributed by atoms with E-state index in [1.165, 1.54) is 6.92 Å². The Hall–Kier alpha value is 0.132. The summed E-state index contributed by atoms with van der Waals surface area (Å²) in [6, 6.07) is 0. The number of hydrogen-bond acceptors (Lipinski definition) is 5. The number of aliphatic hydroxyl groups is 2. The van der Waals surface area contributed by atoms with E-state index in [1.54, 1.807) is 0 Å². The number of carbonyl (C=O) groups is 1. The molecule has 0 saturated heterocycles. The summed E-state index contributed by atoms with van der Waals surface area (Å²) in [4.78, 5) is 9.52. The number of nitrogens with two attached hydrogens (primary N) is 1. The molecule has 0 saturated carbocycles. The highest BCUT2D eigenvalue weighted by Gasteiger charge is 1.87. The molecule has 0 aliphatic carbocycles. The maximum Gasteiger partial charge on any atom is 0.568 e. The van der Waals surface area contributed by atoms with Crippen molar-refractivity contribution < 1.29 is 24.3 Å². The zero-order valence-electron chi connectivity index (χ0n) is 7.93. The van der Waals surface area contributed by atoms with Crippen LogP contribution in [0.3, 0.4) is 0 Å². The number of aliphatic carboxylic acids is 1. The van der Waals surface area contributed by atoms with Crippen LogP contribution in [-0.2, 0) is 4.79 Å². The Morgan fingerprint density at radius 3 is 1.93 bits per heavy atom. The van der Waals surface area contributed by atoms with Gasteiger partial charge in [-0.2, -0.15) is 0 Å². The van der Waals surface area contributed by atoms with E-state index in [9.17, 15) is 4.79 Å². The van der Waals surface area contributed by atoms with Crippen LogP contribution in [0.4, 0.5) is 0 Å². The molecule has 0 amide bonds. The van der Waals surface area contributed by atoms with E-state index in [-0.39, 0.29) is 19.6 Å². The van der Waals surface area contributed by atoms with E-state index in [0.717, 1.165) is 0 Å². The summed E-state index contributed by atoms with van der Waals surface area (Å²) in [6.45, 7) is 1.62. The van der Waals surface area contributed by atoms with Crippen LogP contribution in [0.5, 0.6) is 0 Å². The molecule has 6 N–H and O–H groups in total. The van der Waals surface area contributed by atoms with E-state index in [2.05, 4.69) is 10.0 Å². The summed E-state index contributed by atoms with van der Waals surface area (Å²) in [5.41, 5.74) is 4.85. The molecular weight excluding hydrogens is 229 g/mol. The molecule has 14 heavy (non-hydrogen) atoms. The fraction of sp³-hybridized carbons (Fsp3) is 0.833. The lowest BCUT2D eigenvalue weighted by Crippen LogP contribution is -2.05. The molecule has 6 nitrogen and oxygen atoms in total. The third kappa shape index (κ3) is 57.1. The van der Waals surface area contributed by atoms with Gasteiger partial charge in [-0.1, -0.05) is 0 Å². The molecule has 0 aliphatic heterocycles. The summed E-state index contributed by atoms with van der Waals surface area (Å²) in [7, 11) is 4.64. The van der Waals surface area contributed by atoms with Gasteiger partial charge in [0, 0.05) is 6.54 Å². The maximum atomic E-state index is 9.52. The van der Waals surface area contributed by atoms with Crippen LogP contribution in [-0.4, -0.2) is 59.3 Å². The van der Waals surface area contributed by atoms with Crippen molar-refractivity contribution in [1.82, 2.24) is 0 Å². The first kappa shape index (κ1) is 19.7. The summed E-state index contributed by atoms with van der Waals surface area (Å²) in [5, 5.41) is 23.8. The Bertz CT molecular complexity index is 116. The highest BCUT2D eigenvalue weighted by molar-refractivity contribution is 6.89. The van der Waals surface area contributed by atoms with Crippen molar-refractivity contribution in [2.75, 3.05) is 13.2 Å². The van der Waals surface area contributed by atoms with Gasteiger partial charge < -0.3 is 25.2 Å². The highest BCUT2D eigenvalue weighted by Crippen LogP contribution is 1.68. The van der Waals surface area contributed by atoms with E-state index < -0.39 is 26.7 Å². The number of carboxylic acid groups (broad SMARTS) is 1. The van der Waals surface area contributed by atoms with Crippen LogP contribution in [0.15, 0.2) is 0 Å². The lowest BCUT2D eigenvalue weighted by molar-refractivity contribution is -0.136. The van der Waals surface area contributed by atoms with Crippen molar-refractivity contribution >= 4 is 30.7 Å². The zero-order valence-corrected chi connectivity index (χ0v) is 9.84. The van der Waals surface area contributed by atoms with Gasteiger partial charge in [-0.15, -0.1) is 0 Å². The van der Waals surface area contributed by atoms with Crippen LogP contribution < -0.4 is 5.73 Å². The molecule has 0 aromatic heterocycles. The van der Waals surface area contributed by atoms with Gasteiger partial charge in [0.05, 0.1) is 19.1 Å². The molecule has 1 atom stereocenters. The SMILES string of the molecule is CC(O)CO.NCCC(=O)O.[OH][Al][Cl]. The molecule has 0 bridgehead atoms. The fourth-order valence-electron chi connectivity index (χ4n) is 0.123. The first-order valence-electron chi connectivity index (χ1n) is 3.73. The van der Waals surface area contributed by atoms with Gasteiger partial charge in [0.2, 0.25) is 0 Å². The third-order valence-corrected chi connectivity index (χ3v) is 0.622. The lowest BCUT2D eigenvalue weighted by Gasteiger charge is -1.90. The first-order chi connectivity index (χ1) is 6.45. The van der Waals surface area contributed by atoms with Gasteiger partial charge in [0.25, 0.3) is 0 Å². The minimum atomic E-state index is -0.836. The molecule has 0 aliphatic rings. The van der Waals surface area contributed by atoms with Crippen molar-refractivity contribution in [3.8, 4) is 0 Å². The minimum Gasteiger partial charge on any atom is -0.510 e. The molecule has 0 aromatic rings. The Kier molecular flexibility index (Phi) is 26.4. The largest absolute Gasteiger partial charge is 0.568 e. The molecule has 1 unspecified atom stereocenters. The van der Waals surface area contributed by atoms with E-state index in [4.69, 9.17) is 25.2 Å². The van der Waals surface area contributed by atoms with Crippen molar-refractivity contribution in [2.45, 2.75) is 19.4 Å². The third-order valence-electron chi connectivity index (χ3n) is 0.622. The predicted molar refractivity (Wildman–Crippen MR) is 53.9 cm³/mol. The smallest absolute Gasteiger partial charge is 0.510 e. The Morgan fingerprint density at radius 2 is 1.93 bits per heavy atom. The minimum absolute atomic E-state index is 0.0694. The molecular formula is C6H16AlClNO5. The Labute approximate surface area is 93.6 Å². The van der Waals surface area contributed by atoms with Gasteiger partial charge in [0.1, 0.15) is 0 Å². The van der Waals surface area contributed by atoms with Crippen molar-refractivity contribution in [1.29, 1.82) is 0 Å². The van der Waals surface area contributed by atoms with Gasteiger partial charge in [-0.05, 0) is 6.92 Å². The summed E-state index contributed by atoms with van der Waals surface area (Å²) in [5.74, 6) is -0.836. The van der Waals surface area contributed by atoms with Gasteiger partial charge in [-0.3, -0.25) is 4.79 Å². The van der Waals surface area contributed by atoms with Gasteiger partial charge >= 0.3 is 20.6 Å². The zero-order chi connectivity index (χ0) is 12.0. The number of carboxylic acids is 1. The van der Waals surface area contributed by atoms with E-state index in [0.29, 0.717) is 0 Å². The fourth-order valence-corrected chi connectivity index (χ4v) is 0.123. The van der Waals surface area contributed by atoms with Crippen molar-refractivity contribution in [3.05, 3.63) is 0 Å². The number of rotatable bonds is 3. The molecule has 0 spiro atoms. The Morgan fingerprint density at radius 1 is 1.64 bits per heavy atom. The van der Waals surface area contributed by atoms with Crippen LogP contribution in [0.2, 0.25) is 0 Å². The van der Waals surface area contributed by atoms with Crippen LogP contribution in [0.1, 0.15) is 13.3 Å². The van der Waals surface area contributed by atoms with Crippen LogP contribution >= 0.6 is 10.0 Å². The topological polar surface area (TPSA) is 124 Å². The average Bonchev–Trinajstić information content (AvgIpc) is 2.06. The second kappa shape index (κ2) is 18.8. The summed E-state index contributed by atoms with van der Waals surface area (Å²) >= 11 is -0.778. The second-order valence-corrected chi connectivity index (χ2v) is 2.84. The van der Waals surface area contributed by atoms with Crippen molar-refractivity contribution in [2.24, 2.45) is 5.73 Å². The molecule has 0 rings (SSSR count). The van der Waals surface area contributed by atoms with Gasteiger partial charge in [-0.25, -0.2) is 10.0 Å². The first-order valence-corrected chi connectivity index (χ1v) is 5.99. The average molecular weight is 245 g/mol. The highest BCUT2D eigenvalue weighted by atomic mass is 35.6. The van der Waals surface area contributed by atoms with Crippen LogP contribution in [0, 0.1) is 0 Å². The summed E-state index contributed by atoms with van der Waals surface area (Å²) < 4.78 is 7.42. The molecule has 0 aromatic carbocycles. The number of halogens is 1. The van der Waals surface area contributed by atoms with Crippen LogP contribution in [0.25, 0.3) is 0 Å². The number of hydrogen-bond donors (Lipinski definition) is 5. The molecule has 8 heteroatoms. The van der Waals surface area contributed by atoms with E-state index >= 15 is 0 Å². The molecule has 0 fully saturated rings. The second-order valence-electron chi connectivity index (χ2n) is 2.06. The molecule has 85 valence electrons. The molecule has 1 radical (unpaired) electrons. The monoisotopic (exact) mass is 244 g/mol. The Balaban J connectivity index is -0.000000138. The quantitative estimate of drug-likeness (QED) is 0.386. The standard InChI is InChI=1S/C3H7NO2.C3H8O2.Al.ClH.H2O/c4-2-1-3(5)6;1-3(5)2-4;;;/h1-2,4H2,(H,5,6);3-5H,2H2,1H3;;1H;1H2/q;;+2;;/p-2. The normalized spacial score (nSPS) is 9.86. The molecule has 0 heterocycles. The van der Waals surface area contributed by atoms with Crippen molar-refractivity contribution in [3.63, 3.8) is 0 Å². The van der Waals surface area contributed by atoms with E-state index in [1.807, 2.05) is 0 Å². The maximum absolute atomic E-state index is 9.52. The predicted octanol–water partition coefficient (Wildman–Crippen LogP) is -1.47. The lowest BCUT2D eigenvalue weighted by atomic mass is 10.5. The number of aliphatic hydroxyl groups excluding tert-OH is 2. The van der Waals surface area contributed by atoms with Gasteiger partial charge in [0.15, 0.2) is 0 Å².